The van der Waals surface area contributed by atoms with Crippen molar-refractivity contribution in [2.45, 2.75) is 57.0 Å². The molecule has 2 aromatic rings. The van der Waals surface area contributed by atoms with Gasteiger partial charge in [0.2, 0.25) is 0 Å². The van der Waals surface area contributed by atoms with Gasteiger partial charge in [0, 0.05) is 18.8 Å². The number of rotatable bonds is 7. The molecule has 0 amide bonds. The molecule has 6 heteroatoms. The molecule has 0 spiro atoms. The zero-order chi connectivity index (χ0) is 21.8. The average Bonchev–Trinajstić information content (AvgIpc) is 3.31. The van der Waals surface area contributed by atoms with Gasteiger partial charge in [-0.05, 0) is 67.3 Å². The Kier molecular flexibility index (Phi) is 6.61. The molecule has 5 nitrogen and oxygen atoms in total. The van der Waals surface area contributed by atoms with Crippen molar-refractivity contribution >= 4 is 23.4 Å². The van der Waals surface area contributed by atoms with Crippen LogP contribution in [0.4, 0.5) is 0 Å². The first-order valence-corrected chi connectivity index (χ1v) is 11.4. The summed E-state index contributed by atoms with van der Waals surface area (Å²) >= 11 is 6.29. The van der Waals surface area contributed by atoms with Crippen LogP contribution in [-0.4, -0.2) is 29.4 Å². The van der Waals surface area contributed by atoms with Crippen LogP contribution in [0.5, 0.6) is 5.75 Å². The van der Waals surface area contributed by atoms with Gasteiger partial charge in [-0.1, -0.05) is 36.6 Å². The average molecular weight is 442 g/mol. The Morgan fingerprint density at radius 2 is 2.00 bits per heavy atom. The van der Waals surface area contributed by atoms with Crippen molar-refractivity contribution in [2.24, 2.45) is 11.8 Å². The minimum Gasteiger partial charge on any atom is -0.495 e. The molecule has 2 atom stereocenters. The highest BCUT2D eigenvalue weighted by Crippen LogP contribution is 2.45. The second-order valence-corrected chi connectivity index (χ2v) is 9.10. The molecule has 4 rings (SSSR count). The lowest BCUT2D eigenvalue weighted by Gasteiger charge is -2.43. The van der Waals surface area contributed by atoms with E-state index in [2.05, 4.69) is 4.98 Å². The summed E-state index contributed by atoms with van der Waals surface area (Å²) in [6, 6.07) is 9.42. The predicted molar refractivity (Wildman–Crippen MR) is 118 cm³/mol. The number of aromatic nitrogens is 1. The number of ether oxygens (including phenoxy) is 2. The zero-order valence-electron chi connectivity index (χ0n) is 17.8. The molecule has 1 aliphatic heterocycles. The standard InChI is InChI=1S/C25H28ClNO4/c1-30-23-9-8-17(14-21(23)26)10-11-25(19-6-2-3-7-19)15-22(28)20(24(29)31-25)13-18-5-4-12-27-16-18/h4-5,8-9,12,14,16,19-20H,2-3,6-7,10-11,13,15H2,1H3. The molecule has 0 radical (unpaired) electrons. The lowest BCUT2D eigenvalue weighted by molar-refractivity contribution is -0.185. The summed E-state index contributed by atoms with van der Waals surface area (Å²) in [7, 11) is 1.59. The van der Waals surface area contributed by atoms with E-state index in [1.54, 1.807) is 19.5 Å². The Bertz CT molecular complexity index is 922. The lowest BCUT2D eigenvalue weighted by atomic mass is 9.73. The summed E-state index contributed by atoms with van der Waals surface area (Å²) in [5, 5.41) is 0.558. The van der Waals surface area contributed by atoms with Gasteiger partial charge in [-0.2, -0.15) is 0 Å². The van der Waals surface area contributed by atoms with Gasteiger partial charge in [0.15, 0.2) is 5.78 Å². The number of aryl methyl sites for hydroxylation is 1. The first-order valence-electron chi connectivity index (χ1n) is 11.0. The van der Waals surface area contributed by atoms with Crippen molar-refractivity contribution < 1.29 is 19.1 Å². The van der Waals surface area contributed by atoms with Crippen LogP contribution in [0.1, 0.15) is 49.7 Å². The molecule has 31 heavy (non-hydrogen) atoms. The second-order valence-electron chi connectivity index (χ2n) is 8.70. The van der Waals surface area contributed by atoms with Gasteiger partial charge in [0.25, 0.3) is 0 Å². The summed E-state index contributed by atoms with van der Waals surface area (Å²) in [5.74, 6) is -0.282. The number of ketones is 1. The fraction of sp³-hybridized carbons (Fsp3) is 0.480. The minimum absolute atomic E-state index is 0.0141. The van der Waals surface area contributed by atoms with E-state index in [1.807, 2.05) is 30.3 Å². The Balaban J connectivity index is 1.52. The SMILES string of the molecule is COc1ccc(CCC2(C3CCCC3)CC(=O)C(Cc3cccnc3)C(=O)O2)cc1Cl. The third-order valence-corrected chi connectivity index (χ3v) is 7.06. The van der Waals surface area contributed by atoms with Gasteiger partial charge in [-0.25, -0.2) is 0 Å². The van der Waals surface area contributed by atoms with Crippen LogP contribution in [-0.2, 0) is 27.2 Å². The third kappa shape index (κ3) is 4.77. The van der Waals surface area contributed by atoms with Crippen molar-refractivity contribution in [2.75, 3.05) is 7.11 Å². The quantitative estimate of drug-likeness (QED) is 0.447. The molecular weight excluding hydrogens is 414 g/mol. The van der Waals surface area contributed by atoms with Gasteiger partial charge < -0.3 is 9.47 Å². The van der Waals surface area contributed by atoms with Gasteiger partial charge in [0.05, 0.1) is 12.1 Å². The highest BCUT2D eigenvalue weighted by atomic mass is 35.5. The molecule has 0 N–H and O–H groups in total. The maximum atomic E-state index is 13.2. The van der Waals surface area contributed by atoms with Gasteiger partial charge in [0.1, 0.15) is 17.3 Å². The maximum Gasteiger partial charge on any atom is 0.317 e. The van der Waals surface area contributed by atoms with Crippen molar-refractivity contribution in [3.63, 3.8) is 0 Å². The summed E-state index contributed by atoms with van der Waals surface area (Å²) in [4.78, 5) is 30.3. The number of carbonyl (C=O) groups excluding carboxylic acids is 2. The molecule has 164 valence electrons. The van der Waals surface area contributed by atoms with Crippen LogP contribution in [0.25, 0.3) is 0 Å². The van der Waals surface area contributed by atoms with Crippen LogP contribution in [0.15, 0.2) is 42.7 Å². The van der Waals surface area contributed by atoms with Crippen LogP contribution in [0, 0.1) is 11.8 Å². The molecule has 2 unspecified atom stereocenters. The van der Waals surface area contributed by atoms with E-state index >= 15 is 0 Å². The van der Waals surface area contributed by atoms with Crippen LogP contribution in [0.3, 0.4) is 0 Å². The normalized spacial score (nSPS) is 24.3. The van der Waals surface area contributed by atoms with Crippen LogP contribution < -0.4 is 4.74 Å². The summed E-state index contributed by atoms with van der Waals surface area (Å²) < 4.78 is 11.4. The Morgan fingerprint density at radius 1 is 1.19 bits per heavy atom. The van der Waals surface area contributed by atoms with E-state index in [0.29, 0.717) is 30.0 Å². The number of Topliss-reactive ketones (excluding diaryl/α,β-unsaturated/α-hetero) is 1. The predicted octanol–water partition coefficient (Wildman–Crippen LogP) is 4.98. The Labute approximate surface area is 188 Å². The fourth-order valence-electron chi connectivity index (χ4n) is 5.05. The van der Waals surface area contributed by atoms with E-state index in [4.69, 9.17) is 21.1 Å². The van der Waals surface area contributed by atoms with E-state index in [9.17, 15) is 9.59 Å². The highest BCUT2D eigenvalue weighted by Gasteiger charge is 2.51. The zero-order valence-corrected chi connectivity index (χ0v) is 18.6. The van der Waals surface area contributed by atoms with Gasteiger partial charge in [-0.15, -0.1) is 0 Å². The number of esters is 1. The number of pyridine rings is 1. The van der Waals surface area contributed by atoms with Crippen LogP contribution >= 0.6 is 11.6 Å². The molecular formula is C25H28ClNO4. The van der Waals surface area contributed by atoms with E-state index in [1.165, 1.54) is 0 Å². The minimum atomic E-state index is -0.742. The molecule has 1 saturated carbocycles. The highest BCUT2D eigenvalue weighted by molar-refractivity contribution is 6.32. The van der Waals surface area contributed by atoms with Crippen molar-refractivity contribution in [3.05, 3.63) is 58.9 Å². The number of benzene rings is 1. The summed E-state index contributed by atoms with van der Waals surface area (Å²) in [5.41, 5.74) is 1.20. The van der Waals surface area contributed by atoms with Gasteiger partial charge >= 0.3 is 5.97 Å². The summed E-state index contributed by atoms with van der Waals surface area (Å²) in [6.45, 7) is 0. The maximum absolute atomic E-state index is 13.2. The van der Waals surface area contributed by atoms with Crippen LogP contribution in [0.2, 0.25) is 5.02 Å². The summed E-state index contributed by atoms with van der Waals surface area (Å²) in [6.07, 6.45) is 9.56. The molecule has 1 aliphatic carbocycles. The molecule has 1 saturated heterocycles. The second kappa shape index (κ2) is 9.39. The molecule has 1 aromatic heterocycles. The fourth-order valence-corrected chi connectivity index (χ4v) is 5.33. The van der Waals surface area contributed by atoms with Crippen molar-refractivity contribution in [1.29, 1.82) is 0 Å². The number of hydrogen-bond acceptors (Lipinski definition) is 5. The largest absolute Gasteiger partial charge is 0.495 e. The first kappa shape index (κ1) is 21.8. The lowest BCUT2D eigenvalue weighted by Crippen LogP contribution is -2.52. The van der Waals surface area contributed by atoms with E-state index in [-0.39, 0.29) is 24.1 Å². The van der Waals surface area contributed by atoms with E-state index < -0.39 is 11.5 Å². The number of hydrogen-bond donors (Lipinski definition) is 0. The number of halogens is 1. The monoisotopic (exact) mass is 441 g/mol. The molecule has 0 bridgehead atoms. The third-order valence-electron chi connectivity index (χ3n) is 6.77. The Morgan fingerprint density at radius 3 is 2.65 bits per heavy atom. The number of cyclic esters (lactones) is 1. The number of carbonyl (C=O) groups is 2. The van der Waals surface area contributed by atoms with Crippen molar-refractivity contribution in [3.8, 4) is 5.75 Å². The molecule has 2 aliphatic rings. The number of methoxy groups -OCH3 is 1. The molecule has 2 fully saturated rings. The van der Waals surface area contributed by atoms with Crippen molar-refractivity contribution in [1.82, 2.24) is 4.98 Å². The smallest absolute Gasteiger partial charge is 0.317 e. The topological polar surface area (TPSA) is 65.5 Å². The molecule has 2 heterocycles. The first-order chi connectivity index (χ1) is 15.0. The van der Waals surface area contributed by atoms with Gasteiger partial charge in [-0.3, -0.25) is 14.6 Å². The molecule has 1 aromatic carbocycles. The van der Waals surface area contributed by atoms with E-state index in [0.717, 1.165) is 36.8 Å². The number of nitrogens with zero attached hydrogens (tertiary/aromatic N) is 1. The Hall–Kier alpha value is -2.40.